The van der Waals surface area contributed by atoms with Crippen LogP contribution >= 0.6 is 0 Å². The van der Waals surface area contributed by atoms with Crippen LogP contribution in [0.15, 0.2) is 60.7 Å². The van der Waals surface area contributed by atoms with Gasteiger partial charge in [-0.2, -0.15) is 0 Å². The Bertz CT molecular complexity index is 599. The van der Waals surface area contributed by atoms with Crippen molar-refractivity contribution in [2.75, 3.05) is 7.05 Å². The summed E-state index contributed by atoms with van der Waals surface area (Å²) in [5.41, 5.74) is 6.28. The van der Waals surface area contributed by atoms with Gasteiger partial charge < -0.3 is 4.90 Å². The lowest BCUT2D eigenvalue weighted by atomic mass is 10.2. The number of rotatable bonds is 3. The number of nitrogens with zero attached hydrogens (tertiary/aromatic N) is 1. The number of benzene rings is 2. The monoisotopic (exact) mass is 283 g/mol. The Morgan fingerprint density at radius 1 is 0.905 bits per heavy atom. The van der Waals surface area contributed by atoms with Crippen molar-refractivity contribution in [1.29, 1.82) is 0 Å². The molecule has 0 heterocycles. The molecule has 2 aromatic rings. The number of carbonyl (C=O) groups is 2. The average Bonchev–Trinajstić information content (AvgIpc) is 2.54. The van der Waals surface area contributed by atoms with E-state index in [1.165, 1.54) is 4.90 Å². The van der Waals surface area contributed by atoms with Gasteiger partial charge >= 0.3 is 6.03 Å². The third-order valence-corrected chi connectivity index (χ3v) is 2.93. The third-order valence-electron chi connectivity index (χ3n) is 2.93. The van der Waals surface area contributed by atoms with Crippen molar-refractivity contribution < 1.29 is 9.59 Å². The first-order valence-electron chi connectivity index (χ1n) is 6.57. The standard InChI is InChI=1S/C16H17N3O2/c1-19(12-13-8-4-2-5-9-13)16(21)18-17-15(20)14-10-6-3-7-11-14/h2-11H,12H2,1H3,(H,17,20)(H,18,21). The molecule has 5 nitrogen and oxygen atoms in total. The highest BCUT2D eigenvalue weighted by Crippen LogP contribution is 2.02. The Hall–Kier alpha value is -2.82. The molecule has 0 bridgehead atoms. The van der Waals surface area contributed by atoms with Gasteiger partial charge in [0.1, 0.15) is 0 Å². The number of hydrazine groups is 1. The van der Waals surface area contributed by atoms with Crippen molar-refractivity contribution in [3.8, 4) is 0 Å². The van der Waals surface area contributed by atoms with Gasteiger partial charge in [-0.3, -0.25) is 10.2 Å². The van der Waals surface area contributed by atoms with Crippen molar-refractivity contribution in [1.82, 2.24) is 15.8 Å². The molecule has 0 saturated carbocycles. The quantitative estimate of drug-likeness (QED) is 0.848. The van der Waals surface area contributed by atoms with Gasteiger partial charge in [0, 0.05) is 19.2 Å². The Balaban J connectivity index is 1.83. The Morgan fingerprint density at radius 2 is 1.48 bits per heavy atom. The minimum atomic E-state index is -0.372. The van der Waals surface area contributed by atoms with E-state index in [1.54, 1.807) is 31.3 Å². The largest absolute Gasteiger partial charge is 0.336 e. The molecule has 21 heavy (non-hydrogen) atoms. The molecule has 3 amide bonds. The van der Waals surface area contributed by atoms with Crippen LogP contribution in [0, 0.1) is 0 Å². The van der Waals surface area contributed by atoms with Crippen molar-refractivity contribution in [2.24, 2.45) is 0 Å². The fraction of sp³-hybridized carbons (Fsp3) is 0.125. The topological polar surface area (TPSA) is 61.4 Å². The molecule has 108 valence electrons. The average molecular weight is 283 g/mol. The summed E-state index contributed by atoms with van der Waals surface area (Å²) in [6, 6.07) is 18.0. The lowest BCUT2D eigenvalue weighted by Crippen LogP contribution is -2.47. The second kappa shape index (κ2) is 7.09. The van der Waals surface area contributed by atoms with Crippen LogP contribution in [0.2, 0.25) is 0 Å². The molecule has 0 saturated heterocycles. The maximum Gasteiger partial charge on any atom is 0.336 e. The summed E-state index contributed by atoms with van der Waals surface area (Å²) in [5.74, 6) is -0.350. The highest BCUT2D eigenvalue weighted by atomic mass is 16.2. The molecule has 2 rings (SSSR count). The Labute approximate surface area is 123 Å². The first-order chi connectivity index (χ1) is 10.2. The van der Waals surface area contributed by atoms with Crippen LogP contribution in [0.3, 0.4) is 0 Å². The fourth-order valence-corrected chi connectivity index (χ4v) is 1.80. The molecule has 5 heteroatoms. The molecule has 0 fully saturated rings. The molecule has 0 atom stereocenters. The summed E-state index contributed by atoms with van der Waals surface area (Å²) in [5, 5.41) is 0. The van der Waals surface area contributed by atoms with Crippen LogP contribution in [0.25, 0.3) is 0 Å². The summed E-state index contributed by atoms with van der Waals surface area (Å²) in [7, 11) is 1.66. The van der Waals surface area contributed by atoms with E-state index < -0.39 is 0 Å². The summed E-state index contributed by atoms with van der Waals surface area (Å²) in [4.78, 5) is 25.2. The van der Waals surface area contributed by atoms with E-state index in [1.807, 2.05) is 36.4 Å². The van der Waals surface area contributed by atoms with Crippen LogP contribution in [-0.2, 0) is 6.54 Å². The van der Waals surface area contributed by atoms with E-state index in [2.05, 4.69) is 10.9 Å². The SMILES string of the molecule is CN(Cc1ccccc1)C(=O)NNC(=O)c1ccccc1. The first-order valence-corrected chi connectivity index (χ1v) is 6.57. The Morgan fingerprint density at radius 3 is 2.10 bits per heavy atom. The van der Waals surface area contributed by atoms with Gasteiger partial charge in [-0.05, 0) is 17.7 Å². The van der Waals surface area contributed by atoms with Crippen molar-refractivity contribution in [3.05, 3.63) is 71.8 Å². The number of carbonyl (C=O) groups excluding carboxylic acids is 2. The van der Waals surface area contributed by atoms with Gasteiger partial charge in [0.25, 0.3) is 5.91 Å². The van der Waals surface area contributed by atoms with Crippen LogP contribution in [-0.4, -0.2) is 23.9 Å². The number of amides is 3. The Kier molecular flexibility index (Phi) is 4.93. The minimum Gasteiger partial charge on any atom is -0.322 e. The first kappa shape index (κ1) is 14.6. The molecule has 0 aliphatic carbocycles. The molecular formula is C16H17N3O2. The van der Waals surface area contributed by atoms with E-state index in [-0.39, 0.29) is 11.9 Å². The highest BCUT2D eigenvalue weighted by Gasteiger charge is 2.10. The van der Waals surface area contributed by atoms with Gasteiger partial charge in [0.2, 0.25) is 0 Å². The maximum absolute atomic E-state index is 11.9. The van der Waals surface area contributed by atoms with Gasteiger partial charge in [0.05, 0.1) is 0 Å². The van der Waals surface area contributed by atoms with Crippen LogP contribution in [0.5, 0.6) is 0 Å². The van der Waals surface area contributed by atoms with Gasteiger partial charge in [0.15, 0.2) is 0 Å². The summed E-state index contributed by atoms with van der Waals surface area (Å²) < 4.78 is 0. The smallest absolute Gasteiger partial charge is 0.322 e. The predicted molar refractivity (Wildman–Crippen MR) is 80.3 cm³/mol. The summed E-state index contributed by atoms with van der Waals surface area (Å²) in [6.45, 7) is 0.466. The second-order valence-corrected chi connectivity index (χ2v) is 4.59. The minimum absolute atomic E-state index is 0.350. The normalized spacial score (nSPS) is 9.76. The molecule has 0 aliphatic rings. The van der Waals surface area contributed by atoms with E-state index in [0.29, 0.717) is 12.1 Å². The summed E-state index contributed by atoms with van der Waals surface area (Å²) >= 11 is 0. The van der Waals surface area contributed by atoms with Gasteiger partial charge in [-0.15, -0.1) is 0 Å². The zero-order valence-corrected chi connectivity index (χ0v) is 11.7. The van der Waals surface area contributed by atoms with Crippen LogP contribution in [0.4, 0.5) is 4.79 Å². The molecule has 0 aromatic heterocycles. The maximum atomic E-state index is 11.9. The van der Waals surface area contributed by atoms with E-state index >= 15 is 0 Å². The van der Waals surface area contributed by atoms with Crippen LogP contribution in [0.1, 0.15) is 15.9 Å². The predicted octanol–water partition coefficient (Wildman–Crippen LogP) is 2.17. The van der Waals surface area contributed by atoms with E-state index in [9.17, 15) is 9.59 Å². The van der Waals surface area contributed by atoms with Crippen molar-refractivity contribution >= 4 is 11.9 Å². The highest BCUT2D eigenvalue weighted by molar-refractivity contribution is 5.95. The lowest BCUT2D eigenvalue weighted by Gasteiger charge is -2.18. The lowest BCUT2D eigenvalue weighted by molar-refractivity contribution is 0.0931. The van der Waals surface area contributed by atoms with Gasteiger partial charge in [-0.25, -0.2) is 10.2 Å². The number of urea groups is 1. The van der Waals surface area contributed by atoms with E-state index in [0.717, 1.165) is 5.56 Å². The zero-order chi connectivity index (χ0) is 15.1. The molecule has 0 aliphatic heterocycles. The third kappa shape index (κ3) is 4.35. The molecule has 2 N–H and O–H groups in total. The molecule has 0 radical (unpaired) electrons. The second-order valence-electron chi connectivity index (χ2n) is 4.59. The van der Waals surface area contributed by atoms with Crippen molar-refractivity contribution in [3.63, 3.8) is 0 Å². The van der Waals surface area contributed by atoms with Crippen LogP contribution < -0.4 is 10.9 Å². The molecule has 0 spiro atoms. The van der Waals surface area contributed by atoms with Gasteiger partial charge in [-0.1, -0.05) is 48.5 Å². The summed E-state index contributed by atoms with van der Waals surface area (Å²) in [6.07, 6.45) is 0. The fourth-order valence-electron chi connectivity index (χ4n) is 1.80. The van der Waals surface area contributed by atoms with Crippen molar-refractivity contribution in [2.45, 2.75) is 6.54 Å². The molecule has 0 unspecified atom stereocenters. The number of nitrogens with one attached hydrogen (secondary N) is 2. The zero-order valence-electron chi connectivity index (χ0n) is 11.7. The van der Waals surface area contributed by atoms with E-state index in [4.69, 9.17) is 0 Å². The molecular weight excluding hydrogens is 266 g/mol. The molecule has 2 aromatic carbocycles. The number of hydrogen-bond acceptors (Lipinski definition) is 2. The number of hydrogen-bond donors (Lipinski definition) is 2.